The van der Waals surface area contributed by atoms with E-state index in [1.54, 1.807) is 34.9 Å². The van der Waals surface area contributed by atoms with Gasteiger partial charge in [-0.1, -0.05) is 27.7 Å². The van der Waals surface area contributed by atoms with E-state index in [9.17, 15) is 9.59 Å². The van der Waals surface area contributed by atoms with Crippen molar-refractivity contribution in [3.8, 4) is 0 Å². The Morgan fingerprint density at radius 1 is 1.16 bits per heavy atom. The Balaban J connectivity index is 2.42. The molecule has 25 heavy (non-hydrogen) atoms. The van der Waals surface area contributed by atoms with Crippen LogP contribution in [0, 0.1) is 5.92 Å². The van der Waals surface area contributed by atoms with Crippen molar-refractivity contribution >= 4 is 5.91 Å². The summed E-state index contributed by atoms with van der Waals surface area (Å²) in [4.78, 5) is 27.6. The fourth-order valence-electron chi connectivity index (χ4n) is 2.88. The SMILES string of the molecule is CC(C)c1ccc(C(=O)N(Cc2ccco2)C(C)C(C)C)c(=O)n1C. The summed E-state index contributed by atoms with van der Waals surface area (Å²) in [7, 11) is 1.72. The minimum absolute atomic E-state index is 0.0212. The Bertz CT molecular complexity index is 773. The van der Waals surface area contributed by atoms with E-state index in [-0.39, 0.29) is 34.9 Å². The number of carbonyl (C=O) groups is 1. The second-order valence-electron chi connectivity index (χ2n) is 7.19. The van der Waals surface area contributed by atoms with Gasteiger partial charge in [0.2, 0.25) is 0 Å². The zero-order valence-electron chi connectivity index (χ0n) is 15.9. The maximum Gasteiger partial charge on any atom is 0.263 e. The number of carbonyl (C=O) groups excluding carboxylic acids is 1. The smallest absolute Gasteiger partial charge is 0.263 e. The molecule has 0 fully saturated rings. The van der Waals surface area contributed by atoms with E-state index in [4.69, 9.17) is 4.42 Å². The molecule has 1 amide bonds. The number of amides is 1. The lowest BCUT2D eigenvalue weighted by molar-refractivity contribution is 0.0608. The van der Waals surface area contributed by atoms with E-state index in [1.165, 1.54) is 0 Å². The van der Waals surface area contributed by atoms with Crippen molar-refractivity contribution in [2.75, 3.05) is 0 Å². The highest BCUT2D eigenvalue weighted by atomic mass is 16.3. The summed E-state index contributed by atoms with van der Waals surface area (Å²) in [5.74, 6) is 0.929. The van der Waals surface area contributed by atoms with Gasteiger partial charge in [-0.05, 0) is 43.0 Å². The van der Waals surface area contributed by atoms with Gasteiger partial charge >= 0.3 is 0 Å². The Labute approximate surface area is 149 Å². The maximum atomic E-state index is 13.1. The van der Waals surface area contributed by atoms with Crippen LogP contribution in [0.1, 0.15) is 62.3 Å². The molecule has 0 aliphatic heterocycles. The molecule has 2 aromatic rings. The predicted molar refractivity (Wildman–Crippen MR) is 98.7 cm³/mol. The number of rotatable bonds is 6. The molecule has 0 saturated carbocycles. The summed E-state index contributed by atoms with van der Waals surface area (Å²) in [6.45, 7) is 10.5. The first-order valence-corrected chi connectivity index (χ1v) is 8.77. The second kappa shape index (κ2) is 7.72. The minimum Gasteiger partial charge on any atom is -0.467 e. The van der Waals surface area contributed by atoms with Gasteiger partial charge in [-0.2, -0.15) is 0 Å². The molecule has 0 aliphatic rings. The molecule has 0 N–H and O–H groups in total. The number of hydrogen-bond acceptors (Lipinski definition) is 3. The molecule has 2 aromatic heterocycles. The molecule has 1 unspecified atom stereocenters. The number of aromatic nitrogens is 1. The van der Waals surface area contributed by atoms with Crippen LogP contribution in [0.3, 0.4) is 0 Å². The Hall–Kier alpha value is -2.30. The molecule has 0 spiro atoms. The summed E-state index contributed by atoms with van der Waals surface area (Å²) in [6.07, 6.45) is 1.59. The summed E-state index contributed by atoms with van der Waals surface area (Å²) >= 11 is 0. The Morgan fingerprint density at radius 2 is 1.84 bits per heavy atom. The van der Waals surface area contributed by atoms with Crippen molar-refractivity contribution in [1.82, 2.24) is 9.47 Å². The lowest BCUT2D eigenvalue weighted by Gasteiger charge is -2.31. The van der Waals surface area contributed by atoms with E-state index in [0.717, 1.165) is 5.69 Å². The molecule has 136 valence electrons. The molecule has 0 saturated heterocycles. The number of nitrogens with zero attached hydrogens (tertiary/aromatic N) is 2. The maximum absolute atomic E-state index is 13.1. The van der Waals surface area contributed by atoms with Crippen molar-refractivity contribution in [2.24, 2.45) is 13.0 Å². The van der Waals surface area contributed by atoms with Crippen LogP contribution in [0.2, 0.25) is 0 Å². The van der Waals surface area contributed by atoms with Crippen molar-refractivity contribution in [3.63, 3.8) is 0 Å². The third kappa shape index (κ3) is 4.03. The fraction of sp³-hybridized carbons (Fsp3) is 0.500. The van der Waals surface area contributed by atoms with Gasteiger partial charge in [0.15, 0.2) is 0 Å². The average Bonchev–Trinajstić information content (AvgIpc) is 3.06. The van der Waals surface area contributed by atoms with E-state index in [0.29, 0.717) is 12.3 Å². The molecule has 0 radical (unpaired) electrons. The van der Waals surface area contributed by atoms with Crippen molar-refractivity contribution in [2.45, 2.75) is 53.1 Å². The Morgan fingerprint density at radius 3 is 2.36 bits per heavy atom. The summed E-state index contributed by atoms with van der Waals surface area (Å²) < 4.78 is 6.98. The molecule has 5 heteroatoms. The molecular formula is C20H28N2O3. The first-order valence-electron chi connectivity index (χ1n) is 8.77. The van der Waals surface area contributed by atoms with Crippen molar-refractivity contribution in [3.05, 3.63) is 57.9 Å². The van der Waals surface area contributed by atoms with Gasteiger partial charge in [-0.15, -0.1) is 0 Å². The largest absolute Gasteiger partial charge is 0.467 e. The van der Waals surface area contributed by atoms with Crippen molar-refractivity contribution < 1.29 is 9.21 Å². The highest BCUT2D eigenvalue weighted by Crippen LogP contribution is 2.18. The minimum atomic E-state index is -0.256. The van der Waals surface area contributed by atoms with Gasteiger partial charge in [-0.3, -0.25) is 9.59 Å². The van der Waals surface area contributed by atoms with Gasteiger partial charge in [0.05, 0.1) is 12.8 Å². The monoisotopic (exact) mass is 344 g/mol. The molecule has 0 aliphatic carbocycles. The van der Waals surface area contributed by atoms with Gasteiger partial charge in [-0.25, -0.2) is 0 Å². The van der Waals surface area contributed by atoms with Gasteiger partial charge in [0.25, 0.3) is 11.5 Å². The van der Waals surface area contributed by atoms with Crippen LogP contribution >= 0.6 is 0 Å². The van der Waals surface area contributed by atoms with Crippen molar-refractivity contribution in [1.29, 1.82) is 0 Å². The third-order valence-electron chi connectivity index (χ3n) is 4.79. The van der Waals surface area contributed by atoms with Crippen LogP contribution in [0.5, 0.6) is 0 Å². The molecule has 2 heterocycles. The summed E-state index contributed by atoms with van der Waals surface area (Å²) in [5, 5.41) is 0. The highest BCUT2D eigenvalue weighted by Gasteiger charge is 2.27. The highest BCUT2D eigenvalue weighted by molar-refractivity contribution is 5.94. The lowest BCUT2D eigenvalue weighted by atomic mass is 10.0. The lowest BCUT2D eigenvalue weighted by Crippen LogP contribution is -2.43. The fourth-order valence-corrected chi connectivity index (χ4v) is 2.88. The van der Waals surface area contributed by atoms with E-state index in [1.807, 2.05) is 32.9 Å². The van der Waals surface area contributed by atoms with Gasteiger partial charge in [0, 0.05) is 18.8 Å². The predicted octanol–water partition coefficient (Wildman–Crippen LogP) is 3.79. The molecular weight excluding hydrogens is 316 g/mol. The molecule has 5 nitrogen and oxygen atoms in total. The zero-order chi connectivity index (χ0) is 18.7. The quantitative estimate of drug-likeness (QED) is 0.801. The molecule has 0 aromatic carbocycles. The second-order valence-corrected chi connectivity index (χ2v) is 7.19. The number of pyridine rings is 1. The van der Waals surface area contributed by atoms with E-state index in [2.05, 4.69) is 13.8 Å². The summed E-state index contributed by atoms with van der Waals surface area (Å²) in [6, 6.07) is 7.14. The standard InChI is InChI=1S/C20H28N2O3/c1-13(2)15(5)22(12-16-8-7-11-25-16)20(24)17-9-10-18(14(3)4)21(6)19(17)23/h7-11,13-15H,12H2,1-6H3. The summed E-state index contributed by atoms with van der Waals surface area (Å²) in [5.41, 5.74) is 0.860. The Kier molecular flexibility index (Phi) is 5.88. The average molecular weight is 344 g/mol. The molecule has 1 atom stereocenters. The number of hydrogen-bond donors (Lipinski definition) is 0. The van der Waals surface area contributed by atoms with E-state index >= 15 is 0 Å². The van der Waals surface area contributed by atoms with Gasteiger partial charge in [0.1, 0.15) is 11.3 Å². The first kappa shape index (κ1) is 19.0. The molecule has 0 bridgehead atoms. The van der Waals surface area contributed by atoms with Crippen LogP contribution in [-0.2, 0) is 13.6 Å². The first-order chi connectivity index (χ1) is 11.7. The molecule has 2 rings (SSSR count). The van der Waals surface area contributed by atoms with Gasteiger partial charge < -0.3 is 13.9 Å². The van der Waals surface area contributed by atoms with Crippen LogP contribution in [0.15, 0.2) is 39.7 Å². The van der Waals surface area contributed by atoms with Crippen LogP contribution < -0.4 is 5.56 Å². The van der Waals surface area contributed by atoms with E-state index < -0.39 is 0 Å². The number of furan rings is 1. The van der Waals surface area contributed by atoms with Crippen LogP contribution in [0.25, 0.3) is 0 Å². The topological polar surface area (TPSA) is 55.5 Å². The van der Waals surface area contributed by atoms with Crippen LogP contribution in [-0.4, -0.2) is 21.4 Å². The van der Waals surface area contributed by atoms with Crippen LogP contribution in [0.4, 0.5) is 0 Å². The zero-order valence-corrected chi connectivity index (χ0v) is 15.9. The third-order valence-corrected chi connectivity index (χ3v) is 4.79. The normalized spacial score (nSPS) is 12.6.